The Balaban J connectivity index is 0.00000144. The van der Waals surface area contributed by atoms with Gasteiger partial charge in [0.25, 0.3) is 5.91 Å². The number of nitrogens with zero attached hydrogens (tertiary/aromatic N) is 2. The van der Waals surface area contributed by atoms with Gasteiger partial charge in [0.1, 0.15) is 16.5 Å². The summed E-state index contributed by atoms with van der Waals surface area (Å²) in [6.45, 7) is 4.39. The molecule has 1 aliphatic heterocycles. The van der Waals surface area contributed by atoms with Crippen molar-refractivity contribution in [3.05, 3.63) is 35.3 Å². The van der Waals surface area contributed by atoms with Crippen molar-refractivity contribution in [3.8, 4) is 16.3 Å². The first-order valence-corrected chi connectivity index (χ1v) is 8.18. The van der Waals surface area contributed by atoms with Gasteiger partial charge in [-0.15, -0.1) is 36.2 Å². The molecule has 0 bridgehead atoms. The lowest BCUT2D eigenvalue weighted by Gasteiger charge is -2.31. The van der Waals surface area contributed by atoms with E-state index < -0.39 is 0 Å². The van der Waals surface area contributed by atoms with E-state index in [1.807, 2.05) is 34.5 Å². The minimum atomic E-state index is 0. The minimum absolute atomic E-state index is 0. The molecule has 1 unspecified atom stereocenters. The minimum Gasteiger partial charge on any atom is -0.497 e. The molecular formula is C16H21Cl2N3O2S. The molecule has 24 heavy (non-hydrogen) atoms. The van der Waals surface area contributed by atoms with Gasteiger partial charge in [-0.25, -0.2) is 4.98 Å². The summed E-state index contributed by atoms with van der Waals surface area (Å²) in [4.78, 5) is 18.9. The van der Waals surface area contributed by atoms with Gasteiger partial charge in [-0.05, 0) is 31.2 Å². The van der Waals surface area contributed by atoms with Crippen LogP contribution < -0.4 is 10.1 Å². The van der Waals surface area contributed by atoms with Gasteiger partial charge in [0.05, 0.1) is 7.11 Å². The average molecular weight is 390 g/mol. The first-order chi connectivity index (χ1) is 10.7. The molecule has 1 N–H and O–H groups in total. The molecular weight excluding hydrogens is 369 g/mol. The van der Waals surface area contributed by atoms with Crippen molar-refractivity contribution in [2.45, 2.75) is 13.0 Å². The zero-order valence-electron chi connectivity index (χ0n) is 13.5. The van der Waals surface area contributed by atoms with E-state index in [0.29, 0.717) is 11.7 Å². The fourth-order valence-electron chi connectivity index (χ4n) is 2.52. The molecule has 132 valence electrons. The van der Waals surface area contributed by atoms with E-state index in [1.54, 1.807) is 7.11 Å². The summed E-state index contributed by atoms with van der Waals surface area (Å²) in [7, 11) is 1.64. The Morgan fingerprint density at radius 1 is 1.33 bits per heavy atom. The number of nitrogens with one attached hydrogen (secondary N) is 1. The first kappa shape index (κ1) is 20.7. The maximum atomic E-state index is 12.5. The molecule has 1 aromatic heterocycles. The Morgan fingerprint density at radius 3 is 2.67 bits per heavy atom. The molecule has 0 aliphatic carbocycles. The Labute approximate surface area is 158 Å². The SMILES string of the molecule is COc1ccc(-c2nc(C(=O)N3CCNC(C)C3)cs2)cc1.Cl.Cl. The lowest BCUT2D eigenvalue weighted by Crippen LogP contribution is -2.51. The molecule has 0 radical (unpaired) electrons. The van der Waals surface area contributed by atoms with Crippen LogP contribution in [0.1, 0.15) is 17.4 Å². The van der Waals surface area contributed by atoms with Crippen LogP contribution in [0.5, 0.6) is 5.75 Å². The van der Waals surface area contributed by atoms with Crippen LogP contribution in [0, 0.1) is 0 Å². The second kappa shape index (κ2) is 9.22. The second-order valence-electron chi connectivity index (χ2n) is 5.37. The summed E-state index contributed by atoms with van der Waals surface area (Å²) in [5, 5.41) is 6.03. The predicted molar refractivity (Wildman–Crippen MR) is 102 cm³/mol. The summed E-state index contributed by atoms with van der Waals surface area (Å²) in [6, 6.07) is 8.04. The number of benzene rings is 1. The number of hydrogen-bond donors (Lipinski definition) is 1. The Bertz CT molecular complexity index is 664. The molecule has 0 spiro atoms. The van der Waals surface area contributed by atoms with Crippen LogP contribution in [0.15, 0.2) is 29.6 Å². The standard InChI is InChI=1S/C16H19N3O2S.2ClH/c1-11-9-19(8-7-17-11)16(20)14-10-22-15(18-14)12-3-5-13(21-2)6-4-12;;/h3-6,10-11,17H,7-9H2,1-2H3;2*1H. The molecule has 2 aromatic rings. The summed E-state index contributed by atoms with van der Waals surface area (Å²) >= 11 is 1.49. The van der Waals surface area contributed by atoms with Crippen LogP contribution in [-0.2, 0) is 0 Å². The lowest BCUT2D eigenvalue weighted by atomic mass is 10.2. The molecule has 3 rings (SSSR count). The van der Waals surface area contributed by atoms with Gasteiger partial charge in [-0.2, -0.15) is 0 Å². The molecule has 1 amide bonds. The number of halogens is 2. The van der Waals surface area contributed by atoms with Crippen molar-refractivity contribution < 1.29 is 9.53 Å². The van der Waals surface area contributed by atoms with Crippen molar-refractivity contribution in [1.82, 2.24) is 15.2 Å². The summed E-state index contributed by atoms with van der Waals surface area (Å²) in [5.41, 5.74) is 1.53. The third kappa shape index (κ3) is 4.60. The second-order valence-corrected chi connectivity index (χ2v) is 6.23. The van der Waals surface area contributed by atoms with E-state index in [2.05, 4.69) is 17.2 Å². The van der Waals surface area contributed by atoms with E-state index >= 15 is 0 Å². The number of carbonyl (C=O) groups is 1. The van der Waals surface area contributed by atoms with Crippen LogP contribution in [0.3, 0.4) is 0 Å². The molecule has 5 nitrogen and oxygen atoms in total. The number of methoxy groups -OCH3 is 1. The Kier molecular flexibility index (Phi) is 7.96. The number of carbonyl (C=O) groups excluding carboxylic acids is 1. The van der Waals surface area contributed by atoms with Crippen molar-refractivity contribution in [2.24, 2.45) is 0 Å². The Hall–Kier alpha value is -1.34. The van der Waals surface area contributed by atoms with E-state index in [-0.39, 0.29) is 30.7 Å². The molecule has 0 saturated carbocycles. The fourth-order valence-corrected chi connectivity index (χ4v) is 3.32. The topological polar surface area (TPSA) is 54.5 Å². The molecule has 1 aromatic carbocycles. The monoisotopic (exact) mass is 389 g/mol. The van der Waals surface area contributed by atoms with E-state index in [0.717, 1.165) is 36.0 Å². The highest BCUT2D eigenvalue weighted by Crippen LogP contribution is 2.26. The highest BCUT2D eigenvalue weighted by molar-refractivity contribution is 7.13. The number of ether oxygens (including phenoxy) is 1. The number of rotatable bonds is 3. The number of aromatic nitrogens is 1. The highest BCUT2D eigenvalue weighted by atomic mass is 35.5. The van der Waals surface area contributed by atoms with Crippen molar-refractivity contribution in [1.29, 1.82) is 0 Å². The maximum Gasteiger partial charge on any atom is 0.273 e. The van der Waals surface area contributed by atoms with Gasteiger partial charge in [-0.1, -0.05) is 0 Å². The van der Waals surface area contributed by atoms with E-state index in [4.69, 9.17) is 4.74 Å². The number of hydrogen-bond acceptors (Lipinski definition) is 5. The van der Waals surface area contributed by atoms with Crippen LogP contribution in [0.2, 0.25) is 0 Å². The van der Waals surface area contributed by atoms with Gasteiger partial charge < -0.3 is 15.0 Å². The quantitative estimate of drug-likeness (QED) is 0.875. The smallest absolute Gasteiger partial charge is 0.273 e. The third-order valence-electron chi connectivity index (χ3n) is 3.72. The van der Waals surface area contributed by atoms with Gasteiger partial charge >= 0.3 is 0 Å². The van der Waals surface area contributed by atoms with Gasteiger partial charge in [0.2, 0.25) is 0 Å². The molecule has 1 saturated heterocycles. The summed E-state index contributed by atoms with van der Waals surface area (Å²) < 4.78 is 5.15. The number of piperazine rings is 1. The largest absolute Gasteiger partial charge is 0.497 e. The molecule has 1 atom stereocenters. The number of amides is 1. The first-order valence-electron chi connectivity index (χ1n) is 7.30. The zero-order chi connectivity index (χ0) is 15.5. The van der Waals surface area contributed by atoms with Crippen LogP contribution in [-0.4, -0.2) is 48.6 Å². The summed E-state index contributed by atoms with van der Waals surface area (Å²) in [6.07, 6.45) is 0. The van der Waals surface area contributed by atoms with Crippen LogP contribution in [0.25, 0.3) is 10.6 Å². The number of thiazole rings is 1. The van der Waals surface area contributed by atoms with Crippen LogP contribution >= 0.6 is 36.2 Å². The molecule has 8 heteroatoms. The summed E-state index contributed by atoms with van der Waals surface area (Å²) in [5.74, 6) is 0.829. The fraction of sp³-hybridized carbons (Fsp3) is 0.375. The highest BCUT2D eigenvalue weighted by Gasteiger charge is 2.23. The Morgan fingerprint density at radius 2 is 2.04 bits per heavy atom. The van der Waals surface area contributed by atoms with Crippen molar-refractivity contribution in [3.63, 3.8) is 0 Å². The molecule has 1 fully saturated rings. The zero-order valence-corrected chi connectivity index (χ0v) is 16.0. The van der Waals surface area contributed by atoms with Crippen molar-refractivity contribution >= 4 is 42.1 Å². The van der Waals surface area contributed by atoms with Crippen LogP contribution in [0.4, 0.5) is 0 Å². The molecule has 2 heterocycles. The van der Waals surface area contributed by atoms with E-state index in [1.165, 1.54) is 11.3 Å². The average Bonchev–Trinajstić information content (AvgIpc) is 3.04. The van der Waals surface area contributed by atoms with Gasteiger partial charge in [0, 0.05) is 36.6 Å². The van der Waals surface area contributed by atoms with Crippen molar-refractivity contribution in [2.75, 3.05) is 26.7 Å². The van der Waals surface area contributed by atoms with Gasteiger partial charge in [0.15, 0.2) is 0 Å². The van der Waals surface area contributed by atoms with Gasteiger partial charge in [-0.3, -0.25) is 4.79 Å². The lowest BCUT2D eigenvalue weighted by molar-refractivity contribution is 0.0704. The molecule has 1 aliphatic rings. The normalized spacial score (nSPS) is 16.8. The maximum absolute atomic E-state index is 12.5. The van der Waals surface area contributed by atoms with E-state index in [9.17, 15) is 4.79 Å². The third-order valence-corrected chi connectivity index (χ3v) is 4.61. The predicted octanol–water partition coefficient (Wildman–Crippen LogP) is 3.10.